The van der Waals surface area contributed by atoms with E-state index in [2.05, 4.69) is 17.6 Å². The summed E-state index contributed by atoms with van der Waals surface area (Å²) in [4.78, 5) is 24.3. The van der Waals surface area contributed by atoms with E-state index in [9.17, 15) is 14.7 Å². The van der Waals surface area contributed by atoms with Crippen molar-refractivity contribution in [2.24, 2.45) is 11.3 Å². The molecule has 5 nitrogen and oxygen atoms in total. The molecule has 1 aliphatic carbocycles. The number of carbonyl (C=O) groups is 2. The number of piperidine rings is 1. The molecule has 0 bridgehead atoms. The minimum Gasteiger partial charge on any atom is -0.480 e. The third-order valence-corrected chi connectivity index (χ3v) is 4.98. The van der Waals surface area contributed by atoms with Gasteiger partial charge in [-0.05, 0) is 58.0 Å². The highest BCUT2D eigenvalue weighted by Gasteiger charge is 2.51. The fourth-order valence-corrected chi connectivity index (χ4v) is 3.33. The van der Waals surface area contributed by atoms with Gasteiger partial charge in [0.1, 0.15) is 5.54 Å². The lowest BCUT2D eigenvalue weighted by Gasteiger charge is -2.39. The van der Waals surface area contributed by atoms with Crippen LogP contribution in [0.5, 0.6) is 0 Å². The fraction of sp³-hybridized carbons (Fsp3) is 0.867. The maximum Gasteiger partial charge on any atom is 0.329 e. The van der Waals surface area contributed by atoms with E-state index in [0.717, 1.165) is 51.6 Å². The molecule has 0 aromatic heterocycles. The third kappa shape index (κ3) is 2.82. The minimum atomic E-state index is -1.09. The Labute approximate surface area is 120 Å². The van der Waals surface area contributed by atoms with Gasteiger partial charge in [0.2, 0.25) is 5.91 Å². The van der Waals surface area contributed by atoms with Crippen LogP contribution < -0.4 is 10.6 Å². The Morgan fingerprint density at radius 1 is 1.35 bits per heavy atom. The molecular weight excluding hydrogens is 256 g/mol. The normalized spacial score (nSPS) is 24.7. The first-order chi connectivity index (χ1) is 9.44. The van der Waals surface area contributed by atoms with E-state index >= 15 is 0 Å². The Bertz CT molecular complexity index is 381. The van der Waals surface area contributed by atoms with Gasteiger partial charge in [-0.3, -0.25) is 4.79 Å². The summed E-state index contributed by atoms with van der Waals surface area (Å²) in [5, 5.41) is 15.6. The zero-order valence-electron chi connectivity index (χ0n) is 12.5. The average Bonchev–Trinajstić information content (AvgIpc) is 3.24. The maximum absolute atomic E-state index is 12.8. The van der Waals surface area contributed by atoms with Gasteiger partial charge in [-0.2, -0.15) is 0 Å². The summed E-state index contributed by atoms with van der Waals surface area (Å²) >= 11 is 0. The SMILES string of the molecule is CCCC1(C(=O)NC(C)(C(=O)O)C2CC2)CCNCC1. The van der Waals surface area contributed by atoms with Crippen LogP contribution in [0.15, 0.2) is 0 Å². The van der Waals surface area contributed by atoms with Crippen LogP contribution in [-0.4, -0.2) is 35.6 Å². The second-order valence-corrected chi connectivity index (χ2v) is 6.52. The number of nitrogens with one attached hydrogen (secondary N) is 2. The van der Waals surface area contributed by atoms with Gasteiger partial charge in [0.05, 0.1) is 5.41 Å². The van der Waals surface area contributed by atoms with Crippen molar-refractivity contribution in [2.75, 3.05) is 13.1 Å². The molecular formula is C15H26N2O3. The van der Waals surface area contributed by atoms with Gasteiger partial charge in [0, 0.05) is 0 Å². The number of carboxylic acids is 1. The van der Waals surface area contributed by atoms with Crippen molar-refractivity contribution in [1.82, 2.24) is 10.6 Å². The number of carbonyl (C=O) groups excluding carboxylic acids is 1. The topological polar surface area (TPSA) is 78.4 Å². The molecule has 114 valence electrons. The van der Waals surface area contributed by atoms with Crippen LogP contribution in [0.1, 0.15) is 52.4 Å². The fourth-order valence-electron chi connectivity index (χ4n) is 3.33. The average molecular weight is 282 g/mol. The van der Waals surface area contributed by atoms with Gasteiger partial charge < -0.3 is 15.7 Å². The molecule has 1 saturated carbocycles. The highest BCUT2D eigenvalue weighted by atomic mass is 16.4. The number of aliphatic carboxylic acids is 1. The van der Waals surface area contributed by atoms with Gasteiger partial charge >= 0.3 is 5.97 Å². The summed E-state index contributed by atoms with van der Waals surface area (Å²) in [6.07, 6.45) is 5.17. The largest absolute Gasteiger partial charge is 0.480 e. The van der Waals surface area contributed by atoms with Crippen molar-refractivity contribution in [3.8, 4) is 0 Å². The molecule has 2 fully saturated rings. The summed E-state index contributed by atoms with van der Waals surface area (Å²) in [5.41, 5.74) is -1.48. The molecule has 1 saturated heterocycles. The smallest absolute Gasteiger partial charge is 0.329 e. The van der Waals surface area contributed by atoms with Crippen molar-refractivity contribution in [3.63, 3.8) is 0 Å². The van der Waals surface area contributed by atoms with Crippen molar-refractivity contribution >= 4 is 11.9 Å². The second kappa shape index (κ2) is 5.72. The van der Waals surface area contributed by atoms with Crippen molar-refractivity contribution in [1.29, 1.82) is 0 Å². The number of rotatable bonds is 6. The molecule has 2 aliphatic rings. The monoisotopic (exact) mass is 282 g/mol. The van der Waals surface area contributed by atoms with Gasteiger partial charge in [0.15, 0.2) is 0 Å². The van der Waals surface area contributed by atoms with Crippen LogP contribution in [0.25, 0.3) is 0 Å². The van der Waals surface area contributed by atoms with Crippen molar-refractivity contribution < 1.29 is 14.7 Å². The third-order valence-electron chi connectivity index (χ3n) is 4.98. The van der Waals surface area contributed by atoms with E-state index in [4.69, 9.17) is 0 Å². The van der Waals surface area contributed by atoms with Crippen LogP contribution in [0.3, 0.4) is 0 Å². The molecule has 1 heterocycles. The molecule has 0 radical (unpaired) electrons. The Balaban J connectivity index is 2.13. The van der Waals surface area contributed by atoms with Gasteiger partial charge in [-0.25, -0.2) is 4.79 Å². The minimum absolute atomic E-state index is 0.0577. The van der Waals surface area contributed by atoms with Gasteiger partial charge in [-0.1, -0.05) is 13.3 Å². The Morgan fingerprint density at radius 3 is 2.40 bits per heavy atom. The molecule has 5 heteroatoms. The number of carboxylic acid groups (broad SMARTS) is 1. The van der Waals surface area contributed by atoms with E-state index in [1.54, 1.807) is 6.92 Å². The van der Waals surface area contributed by atoms with Crippen molar-refractivity contribution in [3.05, 3.63) is 0 Å². The molecule has 2 rings (SSSR count). The summed E-state index contributed by atoms with van der Waals surface area (Å²) in [7, 11) is 0. The quantitative estimate of drug-likeness (QED) is 0.690. The Kier molecular flexibility index (Phi) is 4.37. The second-order valence-electron chi connectivity index (χ2n) is 6.52. The van der Waals surface area contributed by atoms with Gasteiger partial charge in [-0.15, -0.1) is 0 Å². The predicted octanol–water partition coefficient (Wildman–Crippen LogP) is 1.53. The van der Waals surface area contributed by atoms with Gasteiger partial charge in [0.25, 0.3) is 0 Å². The van der Waals surface area contributed by atoms with E-state index in [1.165, 1.54) is 0 Å². The standard InChI is InChI=1S/C15H26N2O3/c1-3-6-15(7-9-16-10-8-15)12(18)17-14(2,13(19)20)11-4-5-11/h11,16H,3-10H2,1-2H3,(H,17,18)(H,19,20). The molecule has 1 unspecified atom stereocenters. The first-order valence-corrected chi connectivity index (χ1v) is 7.71. The summed E-state index contributed by atoms with van der Waals surface area (Å²) in [6.45, 7) is 5.40. The highest BCUT2D eigenvalue weighted by Crippen LogP contribution is 2.41. The summed E-state index contributed by atoms with van der Waals surface area (Å²) in [5.74, 6) is -0.879. The van der Waals surface area contributed by atoms with E-state index in [-0.39, 0.29) is 17.2 Å². The van der Waals surface area contributed by atoms with E-state index < -0.39 is 11.5 Å². The molecule has 20 heavy (non-hydrogen) atoms. The van der Waals surface area contributed by atoms with Crippen LogP contribution in [0.2, 0.25) is 0 Å². The summed E-state index contributed by atoms with van der Waals surface area (Å²) < 4.78 is 0. The van der Waals surface area contributed by atoms with E-state index in [0.29, 0.717) is 0 Å². The summed E-state index contributed by atoms with van der Waals surface area (Å²) in [6, 6.07) is 0. The first-order valence-electron chi connectivity index (χ1n) is 7.71. The van der Waals surface area contributed by atoms with Crippen LogP contribution in [0.4, 0.5) is 0 Å². The number of amides is 1. The Hall–Kier alpha value is -1.10. The van der Waals surface area contributed by atoms with Crippen LogP contribution in [-0.2, 0) is 9.59 Å². The first kappa shape index (κ1) is 15.3. The highest BCUT2D eigenvalue weighted by molar-refractivity contribution is 5.90. The van der Waals surface area contributed by atoms with E-state index in [1.807, 2.05) is 0 Å². The molecule has 1 amide bonds. The zero-order chi connectivity index (χ0) is 14.8. The molecule has 3 N–H and O–H groups in total. The molecule has 1 atom stereocenters. The lowest BCUT2D eigenvalue weighted by atomic mass is 9.74. The zero-order valence-corrected chi connectivity index (χ0v) is 12.5. The molecule has 0 aromatic rings. The molecule has 0 spiro atoms. The predicted molar refractivity (Wildman–Crippen MR) is 76.4 cm³/mol. The lowest BCUT2D eigenvalue weighted by Crippen LogP contribution is -2.59. The number of hydrogen-bond acceptors (Lipinski definition) is 3. The number of hydrogen-bond donors (Lipinski definition) is 3. The van der Waals surface area contributed by atoms with Crippen molar-refractivity contribution in [2.45, 2.75) is 57.9 Å². The maximum atomic E-state index is 12.8. The molecule has 1 aliphatic heterocycles. The van der Waals surface area contributed by atoms with Crippen LogP contribution in [0, 0.1) is 11.3 Å². The lowest BCUT2D eigenvalue weighted by molar-refractivity contribution is -0.150. The van der Waals surface area contributed by atoms with Crippen LogP contribution >= 0.6 is 0 Å². The Morgan fingerprint density at radius 2 is 1.95 bits per heavy atom. The molecule has 0 aromatic carbocycles.